The van der Waals surface area contributed by atoms with Crippen LogP contribution in [-0.2, 0) is 14.4 Å². The quantitative estimate of drug-likeness (QED) is 0.532. The number of likely N-dealkylation sites (tertiary alicyclic amines) is 1. The molecule has 1 aromatic heterocycles. The SMILES string of the molecule is CCN(CC)c1ccc([C@H]2c3sc(=O)[nH]c3S[C@@H]3[C@H]4C[C@@H]([C@@H]5C(=O)N(CCC(=O)O)C(=O)[C@@H]45)[C@@H]23)cc1. The van der Waals surface area contributed by atoms with Crippen molar-refractivity contribution < 1.29 is 19.5 Å². The lowest BCUT2D eigenvalue weighted by atomic mass is 9.68. The van der Waals surface area contributed by atoms with Crippen molar-refractivity contribution in [1.82, 2.24) is 9.88 Å². The van der Waals surface area contributed by atoms with Crippen molar-refractivity contribution >= 4 is 46.6 Å². The van der Waals surface area contributed by atoms with Gasteiger partial charge < -0.3 is 15.0 Å². The highest BCUT2D eigenvalue weighted by Gasteiger charge is 2.69. The lowest BCUT2D eigenvalue weighted by molar-refractivity contribution is -0.142. The van der Waals surface area contributed by atoms with Crippen molar-refractivity contribution in [1.29, 1.82) is 0 Å². The van der Waals surface area contributed by atoms with Crippen molar-refractivity contribution in [3.05, 3.63) is 44.4 Å². The van der Waals surface area contributed by atoms with E-state index in [9.17, 15) is 19.2 Å². The van der Waals surface area contributed by atoms with Crippen LogP contribution in [0.25, 0.3) is 0 Å². The molecule has 36 heavy (non-hydrogen) atoms. The molecule has 190 valence electrons. The molecule has 2 N–H and O–H groups in total. The summed E-state index contributed by atoms with van der Waals surface area (Å²) in [5, 5.41) is 10.1. The summed E-state index contributed by atoms with van der Waals surface area (Å²) in [7, 11) is 0. The van der Waals surface area contributed by atoms with Crippen LogP contribution < -0.4 is 9.77 Å². The van der Waals surface area contributed by atoms with Gasteiger partial charge in [0.25, 0.3) is 0 Å². The molecule has 2 aromatic rings. The molecule has 2 aliphatic heterocycles. The molecule has 1 saturated heterocycles. The molecule has 2 aliphatic carbocycles. The third kappa shape index (κ3) is 3.40. The number of nitrogens with one attached hydrogen (secondary N) is 1. The van der Waals surface area contributed by atoms with Crippen LogP contribution in [-0.4, -0.2) is 57.7 Å². The predicted molar refractivity (Wildman–Crippen MR) is 137 cm³/mol. The minimum Gasteiger partial charge on any atom is -0.481 e. The topological polar surface area (TPSA) is 111 Å². The van der Waals surface area contributed by atoms with Crippen LogP contribution >= 0.6 is 23.1 Å². The summed E-state index contributed by atoms with van der Waals surface area (Å²) in [5.41, 5.74) is 2.30. The zero-order valence-electron chi connectivity index (χ0n) is 20.2. The van der Waals surface area contributed by atoms with Crippen molar-refractivity contribution in [3.63, 3.8) is 0 Å². The largest absolute Gasteiger partial charge is 0.481 e. The molecule has 3 heterocycles. The smallest absolute Gasteiger partial charge is 0.305 e. The number of imide groups is 1. The van der Waals surface area contributed by atoms with Crippen molar-refractivity contribution in [3.8, 4) is 0 Å². The molecule has 4 aliphatic rings. The Labute approximate surface area is 217 Å². The van der Waals surface area contributed by atoms with Crippen molar-refractivity contribution in [2.24, 2.45) is 29.6 Å². The molecule has 0 unspecified atom stereocenters. The van der Waals surface area contributed by atoms with Crippen LogP contribution in [0.1, 0.15) is 43.0 Å². The Morgan fingerprint density at radius 2 is 1.75 bits per heavy atom. The summed E-state index contributed by atoms with van der Waals surface area (Å²) in [4.78, 5) is 57.7. The lowest BCUT2D eigenvalue weighted by Gasteiger charge is -2.43. The Morgan fingerprint density at radius 1 is 1.08 bits per heavy atom. The first-order valence-electron chi connectivity index (χ1n) is 12.7. The number of benzene rings is 1. The van der Waals surface area contributed by atoms with E-state index in [4.69, 9.17) is 5.11 Å². The normalized spacial score (nSPS) is 31.9. The van der Waals surface area contributed by atoms with Gasteiger partial charge in [-0.1, -0.05) is 23.5 Å². The second-order valence-corrected chi connectivity index (χ2v) is 12.4. The van der Waals surface area contributed by atoms with Crippen LogP contribution in [0.3, 0.4) is 0 Å². The highest BCUT2D eigenvalue weighted by Crippen LogP contribution is 2.68. The average Bonchev–Trinajstić information content (AvgIpc) is 3.58. The Bertz CT molecular complexity index is 1280. The zero-order chi connectivity index (χ0) is 25.3. The number of fused-ring (bicyclic) bond motifs is 9. The molecule has 8 nitrogen and oxygen atoms in total. The van der Waals surface area contributed by atoms with E-state index in [1.165, 1.54) is 16.2 Å². The van der Waals surface area contributed by atoms with Gasteiger partial charge in [-0.3, -0.25) is 24.1 Å². The van der Waals surface area contributed by atoms with Crippen LogP contribution in [0, 0.1) is 29.6 Å². The van der Waals surface area contributed by atoms with Gasteiger partial charge in [0.2, 0.25) is 11.8 Å². The van der Waals surface area contributed by atoms with E-state index in [-0.39, 0.29) is 70.4 Å². The lowest BCUT2D eigenvalue weighted by Crippen LogP contribution is -2.42. The van der Waals surface area contributed by atoms with Crippen LogP contribution in [0.15, 0.2) is 34.1 Å². The zero-order valence-corrected chi connectivity index (χ0v) is 21.8. The average molecular weight is 528 g/mol. The maximum absolute atomic E-state index is 13.4. The summed E-state index contributed by atoms with van der Waals surface area (Å²) < 4.78 is 0. The number of aromatic nitrogens is 1. The fourth-order valence-corrected chi connectivity index (χ4v) is 10.2. The number of hydrogen-bond acceptors (Lipinski definition) is 7. The summed E-state index contributed by atoms with van der Waals surface area (Å²) >= 11 is 2.92. The first-order chi connectivity index (χ1) is 17.3. The number of aliphatic carboxylic acids is 1. The van der Waals surface area contributed by atoms with Gasteiger partial charge in [0.1, 0.15) is 0 Å². The van der Waals surface area contributed by atoms with E-state index in [0.29, 0.717) is 0 Å². The van der Waals surface area contributed by atoms with Gasteiger partial charge >= 0.3 is 10.8 Å². The first-order valence-corrected chi connectivity index (χ1v) is 14.3. The molecule has 1 aromatic carbocycles. The number of nitrogens with zero attached hydrogens (tertiary/aromatic N) is 2. The molecule has 3 fully saturated rings. The number of H-pyrrole nitrogens is 1. The standard InChI is InChI=1S/C26H29N3O5S2/c1-3-28(4-2)13-7-5-12(6-8-13)17-18-14-11-15(21(18)35-23-22(17)36-26(34)27-23)20-19(14)24(32)29(25(20)33)10-9-16(30)31/h5-8,14-15,17-21H,3-4,9-11H2,1-2H3,(H,27,34)(H,30,31)/t14-,15+,17-,18+,19+,20+,21-/m1/s1. The minimum atomic E-state index is -1.01. The summed E-state index contributed by atoms with van der Waals surface area (Å²) in [6.45, 7) is 6.06. The van der Waals surface area contributed by atoms with E-state index in [1.54, 1.807) is 11.8 Å². The summed E-state index contributed by atoms with van der Waals surface area (Å²) in [6.07, 6.45) is 0.600. The number of carbonyl (C=O) groups is 3. The van der Waals surface area contributed by atoms with E-state index >= 15 is 0 Å². The van der Waals surface area contributed by atoms with Gasteiger partial charge in [-0.15, -0.1) is 11.8 Å². The van der Waals surface area contributed by atoms with Gasteiger partial charge in [0, 0.05) is 41.4 Å². The Balaban J connectivity index is 1.38. The van der Waals surface area contributed by atoms with Crippen molar-refractivity contribution in [2.75, 3.05) is 24.5 Å². The van der Waals surface area contributed by atoms with E-state index in [0.717, 1.165) is 40.7 Å². The number of carboxylic acid groups (broad SMARTS) is 1. The number of rotatable bonds is 7. The van der Waals surface area contributed by atoms with Gasteiger partial charge in [-0.2, -0.15) is 0 Å². The first kappa shape index (κ1) is 23.8. The van der Waals surface area contributed by atoms with E-state index in [1.807, 2.05) is 0 Å². The summed E-state index contributed by atoms with van der Waals surface area (Å²) in [6, 6.07) is 8.59. The number of thiazole rings is 1. The fraction of sp³-hybridized carbons (Fsp3) is 0.538. The maximum Gasteiger partial charge on any atom is 0.305 e. The number of amides is 2. The molecule has 2 saturated carbocycles. The number of carbonyl (C=O) groups excluding carboxylic acids is 2. The second kappa shape index (κ2) is 8.76. The molecule has 10 heteroatoms. The van der Waals surface area contributed by atoms with Crippen LogP contribution in [0.5, 0.6) is 0 Å². The Morgan fingerprint density at radius 3 is 2.39 bits per heavy atom. The van der Waals surface area contributed by atoms with Gasteiger partial charge in [-0.05, 0) is 55.7 Å². The van der Waals surface area contributed by atoms with Gasteiger partial charge in [0.05, 0.1) is 23.3 Å². The molecule has 0 radical (unpaired) electrons. The number of anilines is 1. The molecule has 2 amide bonds. The van der Waals surface area contributed by atoms with E-state index in [2.05, 4.69) is 48.0 Å². The molecular formula is C26H29N3O5S2. The number of hydrogen-bond donors (Lipinski definition) is 2. The highest BCUT2D eigenvalue weighted by atomic mass is 32.2. The number of aromatic amines is 1. The van der Waals surface area contributed by atoms with Crippen molar-refractivity contribution in [2.45, 2.75) is 42.9 Å². The minimum absolute atomic E-state index is 0.00660. The fourth-order valence-electron chi connectivity index (χ4n) is 7.36. The third-order valence-electron chi connectivity index (χ3n) is 8.75. The predicted octanol–water partition coefficient (Wildman–Crippen LogP) is 3.23. The maximum atomic E-state index is 13.4. The molecule has 7 atom stereocenters. The molecule has 2 bridgehead atoms. The van der Waals surface area contributed by atoms with Gasteiger partial charge in [0.15, 0.2) is 0 Å². The summed E-state index contributed by atoms with van der Waals surface area (Å²) in [5.74, 6) is -1.94. The molecule has 0 spiro atoms. The monoisotopic (exact) mass is 527 g/mol. The van der Waals surface area contributed by atoms with Gasteiger partial charge in [-0.25, -0.2) is 0 Å². The Kier molecular flexibility index (Phi) is 5.79. The van der Waals surface area contributed by atoms with Crippen LogP contribution in [0.4, 0.5) is 5.69 Å². The van der Waals surface area contributed by atoms with E-state index < -0.39 is 5.97 Å². The third-order valence-corrected chi connectivity index (χ3v) is 11.3. The van der Waals surface area contributed by atoms with Crippen LogP contribution in [0.2, 0.25) is 0 Å². The molecule has 6 rings (SSSR count). The highest BCUT2D eigenvalue weighted by molar-refractivity contribution is 8.00. The number of carboxylic acids is 1. The molecular weight excluding hydrogens is 498 g/mol. The Hall–Kier alpha value is -2.59. The second-order valence-electron chi connectivity index (χ2n) is 10.2. The number of thioether (sulfide) groups is 1.